The third-order valence-electron chi connectivity index (χ3n) is 2.90. The molecule has 0 spiro atoms. The molecule has 90 valence electrons. The fourth-order valence-electron chi connectivity index (χ4n) is 1.97. The second-order valence-corrected chi connectivity index (χ2v) is 4.35. The van der Waals surface area contributed by atoms with E-state index >= 15 is 0 Å². The Hall–Kier alpha value is -2.13. The second kappa shape index (κ2) is 4.27. The van der Waals surface area contributed by atoms with Gasteiger partial charge in [-0.25, -0.2) is 4.98 Å². The minimum atomic E-state index is 0.0103. The van der Waals surface area contributed by atoms with E-state index in [-0.39, 0.29) is 6.61 Å². The molecule has 0 bridgehead atoms. The number of hydrogen-bond acceptors (Lipinski definition) is 3. The number of aryl methyl sites for hydroxylation is 1. The summed E-state index contributed by atoms with van der Waals surface area (Å²) in [6.45, 7) is 2.05. The summed E-state index contributed by atoms with van der Waals surface area (Å²) in [6, 6.07) is 13.6. The number of hydrogen-bond donors (Lipinski definition) is 1. The van der Waals surface area contributed by atoms with Crippen LogP contribution in [0.3, 0.4) is 0 Å². The maximum Gasteiger partial charge on any atom is 0.227 e. The van der Waals surface area contributed by atoms with Gasteiger partial charge in [-0.15, -0.1) is 0 Å². The third-order valence-corrected chi connectivity index (χ3v) is 2.90. The summed E-state index contributed by atoms with van der Waals surface area (Å²) in [5.74, 6) is 0.615. The van der Waals surface area contributed by atoms with Crippen LogP contribution >= 0.6 is 0 Å². The summed E-state index contributed by atoms with van der Waals surface area (Å²) < 4.78 is 5.73. The Morgan fingerprint density at radius 3 is 2.83 bits per heavy atom. The average Bonchev–Trinajstić information content (AvgIpc) is 2.81. The zero-order chi connectivity index (χ0) is 12.5. The first-order chi connectivity index (χ1) is 8.76. The highest BCUT2D eigenvalue weighted by atomic mass is 16.3. The van der Waals surface area contributed by atoms with Gasteiger partial charge in [0.1, 0.15) is 5.52 Å². The summed E-state index contributed by atoms with van der Waals surface area (Å²) in [5.41, 5.74) is 4.48. The van der Waals surface area contributed by atoms with Gasteiger partial charge in [0.25, 0.3) is 0 Å². The van der Waals surface area contributed by atoms with Gasteiger partial charge >= 0.3 is 0 Å². The smallest absolute Gasteiger partial charge is 0.227 e. The van der Waals surface area contributed by atoms with Crippen LogP contribution in [0.1, 0.15) is 11.1 Å². The molecule has 0 aliphatic carbocycles. The van der Waals surface area contributed by atoms with Crippen molar-refractivity contribution in [2.75, 3.05) is 0 Å². The van der Waals surface area contributed by atoms with Crippen molar-refractivity contribution in [2.45, 2.75) is 13.5 Å². The van der Waals surface area contributed by atoms with E-state index in [2.05, 4.69) is 4.98 Å². The Kier molecular flexibility index (Phi) is 2.61. The molecule has 3 aromatic rings. The van der Waals surface area contributed by atoms with E-state index in [1.54, 1.807) is 0 Å². The predicted octanol–water partition coefficient (Wildman–Crippen LogP) is 3.30. The lowest BCUT2D eigenvalue weighted by Crippen LogP contribution is -1.80. The first-order valence-corrected chi connectivity index (χ1v) is 5.83. The normalized spacial score (nSPS) is 11.0. The molecule has 1 heterocycles. The number of aliphatic hydroxyl groups is 1. The minimum absolute atomic E-state index is 0.0103. The number of aliphatic hydroxyl groups excluding tert-OH is 1. The topological polar surface area (TPSA) is 46.3 Å². The van der Waals surface area contributed by atoms with Crippen LogP contribution in [0.25, 0.3) is 22.6 Å². The standard InChI is InChI=1S/C15H13NO2/c1-10-3-2-4-12(7-10)15-16-13-6-5-11(9-17)8-14(13)18-15/h2-8,17H,9H2,1H3. The van der Waals surface area contributed by atoms with Gasteiger partial charge in [-0.3, -0.25) is 0 Å². The van der Waals surface area contributed by atoms with Crippen LogP contribution in [0.5, 0.6) is 0 Å². The minimum Gasteiger partial charge on any atom is -0.436 e. The van der Waals surface area contributed by atoms with Crippen LogP contribution in [0, 0.1) is 6.92 Å². The summed E-state index contributed by atoms with van der Waals surface area (Å²) in [7, 11) is 0. The van der Waals surface area contributed by atoms with Crippen molar-refractivity contribution in [2.24, 2.45) is 0 Å². The Labute approximate surface area is 105 Å². The van der Waals surface area contributed by atoms with E-state index in [1.807, 2.05) is 49.4 Å². The van der Waals surface area contributed by atoms with Gasteiger partial charge in [0.15, 0.2) is 5.58 Å². The Morgan fingerprint density at radius 1 is 1.17 bits per heavy atom. The molecule has 3 nitrogen and oxygen atoms in total. The quantitative estimate of drug-likeness (QED) is 0.746. The van der Waals surface area contributed by atoms with E-state index in [1.165, 1.54) is 5.56 Å². The molecular formula is C15H13NO2. The largest absolute Gasteiger partial charge is 0.436 e. The number of aromatic nitrogens is 1. The lowest BCUT2D eigenvalue weighted by Gasteiger charge is -1.96. The first-order valence-electron chi connectivity index (χ1n) is 5.83. The predicted molar refractivity (Wildman–Crippen MR) is 70.1 cm³/mol. The number of benzene rings is 2. The fraction of sp³-hybridized carbons (Fsp3) is 0.133. The van der Waals surface area contributed by atoms with E-state index < -0.39 is 0 Å². The maximum atomic E-state index is 9.10. The molecule has 0 saturated heterocycles. The van der Waals surface area contributed by atoms with Crippen molar-refractivity contribution in [3.8, 4) is 11.5 Å². The van der Waals surface area contributed by atoms with Gasteiger partial charge in [0.2, 0.25) is 5.89 Å². The van der Waals surface area contributed by atoms with Crippen molar-refractivity contribution in [3.63, 3.8) is 0 Å². The Bertz CT molecular complexity index is 701. The Balaban J connectivity index is 2.13. The van der Waals surface area contributed by atoms with Crippen LogP contribution in [-0.2, 0) is 6.61 Å². The highest BCUT2D eigenvalue weighted by Crippen LogP contribution is 2.25. The van der Waals surface area contributed by atoms with Crippen LogP contribution < -0.4 is 0 Å². The lowest BCUT2D eigenvalue weighted by molar-refractivity contribution is 0.282. The molecule has 0 aliphatic heterocycles. The van der Waals surface area contributed by atoms with Crippen LogP contribution in [0.4, 0.5) is 0 Å². The molecule has 0 unspecified atom stereocenters. The molecule has 2 aromatic carbocycles. The molecule has 0 atom stereocenters. The molecule has 18 heavy (non-hydrogen) atoms. The lowest BCUT2D eigenvalue weighted by atomic mass is 10.1. The van der Waals surface area contributed by atoms with Crippen LogP contribution in [0.2, 0.25) is 0 Å². The van der Waals surface area contributed by atoms with E-state index in [0.717, 1.165) is 16.6 Å². The fourth-order valence-corrected chi connectivity index (χ4v) is 1.97. The number of fused-ring (bicyclic) bond motifs is 1. The highest BCUT2D eigenvalue weighted by Gasteiger charge is 2.08. The van der Waals surface area contributed by atoms with E-state index in [9.17, 15) is 0 Å². The molecular weight excluding hydrogens is 226 g/mol. The summed E-state index contributed by atoms with van der Waals surface area (Å²) in [5, 5.41) is 9.10. The third kappa shape index (κ3) is 1.89. The van der Waals surface area contributed by atoms with Crippen LogP contribution in [-0.4, -0.2) is 10.1 Å². The van der Waals surface area contributed by atoms with Gasteiger partial charge < -0.3 is 9.52 Å². The molecule has 3 rings (SSSR count). The summed E-state index contributed by atoms with van der Waals surface area (Å²) >= 11 is 0. The molecule has 0 amide bonds. The summed E-state index contributed by atoms with van der Waals surface area (Å²) in [6.07, 6.45) is 0. The first kappa shape index (κ1) is 11.0. The van der Waals surface area contributed by atoms with Gasteiger partial charge in [0, 0.05) is 5.56 Å². The maximum absolute atomic E-state index is 9.10. The van der Waals surface area contributed by atoms with Gasteiger partial charge in [0.05, 0.1) is 6.61 Å². The SMILES string of the molecule is Cc1cccc(-c2nc3ccc(CO)cc3o2)c1. The zero-order valence-corrected chi connectivity index (χ0v) is 10.1. The molecule has 1 N–H and O–H groups in total. The number of oxazole rings is 1. The Morgan fingerprint density at radius 2 is 2.06 bits per heavy atom. The summed E-state index contributed by atoms with van der Waals surface area (Å²) in [4.78, 5) is 4.45. The van der Waals surface area contributed by atoms with Crippen molar-refractivity contribution in [1.82, 2.24) is 4.98 Å². The molecule has 1 aromatic heterocycles. The van der Waals surface area contributed by atoms with Crippen molar-refractivity contribution in [3.05, 3.63) is 53.6 Å². The van der Waals surface area contributed by atoms with Gasteiger partial charge in [-0.1, -0.05) is 23.8 Å². The van der Waals surface area contributed by atoms with Crippen LogP contribution in [0.15, 0.2) is 46.9 Å². The second-order valence-electron chi connectivity index (χ2n) is 4.35. The zero-order valence-electron chi connectivity index (χ0n) is 10.1. The van der Waals surface area contributed by atoms with Gasteiger partial charge in [-0.2, -0.15) is 0 Å². The molecule has 0 saturated carbocycles. The van der Waals surface area contributed by atoms with Crippen molar-refractivity contribution in [1.29, 1.82) is 0 Å². The van der Waals surface area contributed by atoms with Gasteiger partial charge in [-0.05, 0) is 36.8 Å². The van der Waals surface area contributed by atoms with Crippen molar-refractivity contribution >= 4 is 11.1 Å². The molecule has 3 heteroatoms. The average molecular weight is 239 g/mol. The number of nitrogens with zero attached hydrogens (tertiary/aromatic N) is 1. The van der Waals surface area contributed by atoms with Crippen molar-refractivity contribution < 1.29 is 9.52 Å². The van der Waals surface area contributed by atoms with E-state index in [0.29, 0.717) is 11.5 Å². The highest BCUT2D eigenvalue weighted by molar-refractivity contribution is 5.76. The monoisotopic (exact) mass is 239 g/mol. The number of rotatable bonds is 2. The van der Waals surface area contributed by atoms with E-state index in [4.69, 9.17) is 9.52 Å². The molecule has 0 fully saturated rings. The molecule has 0 aliphatic rings. The molecule has 0 radical (unpaired) electrons.